The maximum atomic E-state index is 12.9. The van der Waals surface area contributed by atoms with E-state index in [-0.39, 0.29) is 23.9 Å². The van der Waals surface area contributed by atoms with E-state index in [4.69, 9.17) is 9.47 Å². The van der Waals surface area contributed by atoms with E-state index >= 15 is 0 Å². The molecule has 2 unspecified atom stereocenters. The van der Waals surface area contributed by atoms with Gasteiger partial charge in [-0.3, -0.25) is 19.4 Å². The fourth-order valence-corrected chi connectivity index (χ4v) is 4.20. The Morgan fingerprint density at radius 1 is 0.821 bits per heavy atom. The van der Waals surface area contributed by atoms with Crippen LogP contribution in [-0.4, -0.2) is 99.4 Å². The number of morpholine rings is 2. The van der Waals surface area contributed by atoms with Gasteiger partial charge in [0.1, 0.15) is 5.41 Å². The van der Waals surface area contributed by atoms with E-state index < -0.39 is 5.41 Å². The van der Waals surface area contributed by atoms with Crippen molar-refractivity contribution in [3.63, 3.8) is 0 Å². The summed E-state index contributed by atoms with van der Waals surface area (Å²) in [7, 11) is 0. The molecular formula is C20H36N4O4. The number of hydrogen-bond donors (Lipinski definition) is 2. The van der Waals surface area contributed by atoms with Crippen LogP contribution in [0.3, 0.4) is 0 Å². The molecule has 2 amide bonds. The summed E-state index contributed by atoms with van der Waals surface area (Å²) in [5.41, 5.74) is -0.880. The van der Waals surface area contributed by atoms with Crippen LogP contribution in [0.4, 0.5) is 0 Å². The second-order valence-corrected chi connectivity index (χ2v) is 8.35. The Hall–Kier alpha value is -1.22. The fraction of sp³-hybridized carbons (Fsp3) is 0.900. The van der Waals surface area contributed by atoms with Crippen molar-refractivity contribution in [3.05, 3.63) is 0 Å². The van der Waals surface area contributed by atoms with Crippen molar-refractivity contribution in [3.8, 4) is 0 Å². The normalized spacial score (nSPS) is 25.4. The van der Waals surface area contributed by atoms with Crippen molar-refractivity contribution in [2.75, 3.05) is 65.7 Å². The van der Waals surface area contributed by atoms with Crippen molar-refractivity contribution in [1.82, 2.24) is 20.4 Å². The van der Waals surface area contributed by atoms with E-state index in [1.54, 1.807) is 0 Å². The lowest BCUT2D eigenvalue weighted by molar-refractivity contribution is -0.150. The van der Waals surface area contributed by atoms with Crippen LogP contribution in [0.25, 0.3) is 0 Å². The number of ether oxygens (including phenoxy) is 2. The molecular weight excluding hydrogens is 360 g/mol. The van der Waals surface area contributed by atoms with Gasteiger partial charge in [0.15, 0.2) is 0 Å². The summed E-state index contributed by atoms with van der Waals surface area (Å²) in [5.74, 6) is -0.231. The molecule has 2 heterocycles. The number of rotatable bonds is 8. The molecule has 8 heteroatoms. The highest BCUT2D eigenvalue weighted by Gasteiger charge is 2.50. The maximum Gasteiger partial charge on any atom is 0.235 e. The molecule has 3 rings (SSSR count). The Labute approximate surface area is 168 Å². The van der Waals surface area contributed by atoms with Gasteiger partial charge < -0.3 is 20.1 Å². The van der Waals surface area contributed by atoms with Crippen LogP contribution in [0.1, 0.15) is 33.1 Å². The quantitative estimate of drug-likeness (QED) is 0.555. The van der Waals surface area contributed by atoms with Crippen LogP contribution in [0.5, 0.6) is 0 Å². The predicted molar refractivity (Wildman–Crippen MR) is 106 cm³/mol. The van der Waals surface area contributed by atoms with Crippen LogP contribution in [-0.2, 0) is 19.1 Å². The number of hydrogen-bond acceptors (Lipinski definition) is 6. The summed E-state index contributed by atoms with van der Waals surface area (Å²) in [6.07, 6.45) is 2.21. The molecule has 3 aliphatic rings. The van der Waals surface area contributed by atoms with Gasteiger partial charge in [0.2, 0.25) is 11.8 Å². The Morgan fingerprint density at radius 3 is 1.54 bits per heavy atom. The zero-order valence-corrected chi connectivity index (χ0v) is 17.4. The SMILES string of the molecule is CC(CNC(=O)C1(C(=O)NCC(C)N2CCOCC2)CCC1)N1CCOCC1. The molecule has 160 valence electrons. The van der Waals surface area contributed by atoms with E-state index in [0.717, 1.165) is 59.0 Å². The van der Waals surface area contributed by atoms with Crippen molar-refractivity contribution in [2.45, 2.75) is 45.2 Å². The third-order valence-corrected chi connectivity index (χ3v) is 6.53. The summed E-state index contributed by atoms with van der Waals surface area (Å²) in [4.78, 5) is 30.4. The summed E-state index contributed by atoms with van der Waals surface area (Å²) >= 11 is 0. The fourth-order valence-electron chi connectivity index (χ4n) is 4.20. The third-order valence-electron chi connectivity index (χ3n) is 6.53. The first kappa shape index (κ1) is 21.5. The molecule has 28 heavy (non-hydrogen) atoms. The lowest BCUT2D eigenvalue weighted by Crippen LogP contribution is -2.58. The number of nitrogens with one attached hydrogen (secondary N) is 2. The zero-order valence-electron chi connectivity index (χ0n) is 17.4. The molecule has 2 N–H and O–H groups in total. The standard InChI is InChI=1S/C20H36N4O4/c1-16(23-6-10-27-11-7-23)14-21-18(25)20(4-3-5-20)19(26)22-15-17(2)24-8-12-28-13-9-24/h16-17H,3-15H2,1-2H3,(H,21,25)(H,22,26). The smallest absolute Gasteiger partial charge is 0.235 e. The lowest BCUT2D eigenvalue weighted by Gasteiger charge is -2.40. The first-order valence-electron chi connectivity index (χ1n) is 10.7. The summed E-state index contributed by atoms with van der Waals surface area (Å²) < 4.78 is 10.8. The topological polar surface area (TPSA) is 83.1 Å². The second kappa shape index (κ2) is 10.0. The molecule has 8 nitrogen and oxygen atoms in total. The van der Waals surface area contributed by atoms with Gasteiger partial charge in [0.25, 0.3) is 0 Å². The van der Waals surface area contributed by atoms with E-state index in [0.29, 0.717) is 25.9 Å². The van der Waals surface area contributed by atoms with Gasteiger partial charge in [0, 0.05) is 51.4 Å². The van der Waals surface area contributed by atoms with Crippen LogP contribution in [0, 0.1) is 5.41 Å². The minimum absolute atomic E-state index is 0.115. The molecule has 0 radical (unpaired) electrons. The van der Waals surface area contributed by atoms with E-state index in [1.165, 1.54) is 0 Å². The second-order valence-electron chi connectivity index (χ2n) is 8.35. The van der Waals surface area contributed by atoms with Gasteiger partial charge in [-0.25, -0.2) is 0 Å². The molecule has 0 spiro atoms. The number of amides is 2. The number of carbonyl (C=O) groups is 2. The van der Waals surface area contributed by atoms with E-state index in [1.807, 2.05) is 0 Å². The first-order chi connectivity index (χ1) is 13.5. The van der Waals surface area contributed by atoms with Crippen LogP contribution in [0.15, 0.2) is 0 Å². The van der Waals surface area contributed by atoms with Gasteiger partial charge in [-0.15, -0.1) is 0 Å². The Kier molecular flexibility index (Phi) is 7.68. The van der Waals surface area contributed by atoms with Crippen LogP contribution >= 0.6 is 0 Å². The number of nitrogens with zero attached hydrogens (tertiary/aromatic N) is 2. The Bertz CT molecular complexity index is 486. The molecule has 2 aliphatic heterocycles. The van der Waals surface area contributed by atoms with Gasteiger partial charge >= 0.3 is 0 Å². The number of carbonyl (C=O) groups excluding carboxylic acids is 2. The predicted octanol–water partition coefficient (Wildman–Crippen LogP) is -0.169. The van der Waals surface area contributed by atoms with Gasteiger partial charge in [-0.1, -0.05) is 6.42 Å². The Balaban J connectivity index is 1.45. The van der Waals surface area contributed by atoms with Crippen molar-refractivity contribution < 1.29 is 19.1 Å². The monoisotopic (exact) mass is 396 g/mol. The molecule has 2 atom stereocenters. The van der Waals surface area contributed by atoms with Gasteiger partial charge in [0.05, 0.1) is 26.4 Å². The minimum atomic E-state index is -0.880. The Morgan fingerprint density at radius 2 is 1.21 bits per heavy atom. The first-order valence-corrected chi connectivity index (χ1v) is 10.7. The minimum Gasteiger partial charge on any atom is -0.379 e. The zero-order chi connectivity index (χ0) is 20.0. The molecule has 2 saturated heterocycles. The van der Waals surface area contributed by atoms with Crippen molar-refractivity contribution in [1.29, 1.82) is 0 Å². The molecule has 0 bridgehead atoms. The molecule has 1 saturated carbocycles. The van der Waals surface area contributed by atoms with E-state index in [2.05, 4.69) is 34.3 Å². The summed E-state index contributed by atoms with van der Waals surface area (Å²) in [6.45, 7) is 11.9. The van der Waals surface area contributed by atoms with Crippen LogP contribution < -0.4 is 10.6 Å². The lowest BCUT2D eigenvalue weighted by atomic mass is 9.67. The molecule has 3 fully saturated rings. The highest BCUT2D eigenvalue weighted by molar-refractivity contribution is 6.05. The molecule has 0 aromatic rings. The maximum absolute atomic E-state index is 12.9. The van der Waals surface area contributed by atoms with Crippen molar-refractivity contribution >= 4 is 11.8 Å². The molecule has 1 aliphatic carbocycles. The highest BCUT2D eigenvalue weighted by atomic mass is 16.5. The average molecular weight is 397 g/mol. The summed E-state index contributed by atoms with van der Waals surface area (Å²) in [6, 6.07) is 0.490. The van der Waals surface area contributed by atoms with E-state index in [9.17, 15) is 9.59 Å². The summed E-state index contributed by atoms with van der Waals surface area (Å²) in [5, 5.41) is 6.09. The van der Waals surface area contributed by atoms with Gasteiger partial charge in [-0.05, 0) is 26.7 Å². The third kappa shape index (κ3) is 5.03. The van der Waals surface area contributed by atoms with Crippen LogP contribution in [0.2, 0.25) is 0 Å². The largest absolute Gasteiger partial charge is 0.379 e. The highest BCUT2D eigenvalue weighted by Crippen LogP contribution is 2.41. The molecule has 0 aromatic carbocycles. The van der Waals surface area contributed by atoms with Gasteiger partial charge in [-0.2, -0.15) is 0 Å². The van der Waals surface area contributed by atoms with Crippen molar-refractivity contribution in [2.24, 2.45) is 5.41 Å². The molecule has 0 aromatic heterocycles. The average Bonchev–Trinajstić information content (AvgIpc) is 2.70.